The van der Waals surface area contributed by atoms with E-state index in [4.69, 9.17) is 0 Å². The summed E-state index contributed by atoms with van der Waals surface area (Å²) in [5, 5.41) is 2.94. The summed E-state index contributed by atoms with van der Waals surface area (Å²) in [7, 11) is 1.97. The zero-order valence-corrected chi connectivity index (χ0v) is 10.6. The van der Waals surface area contributed by atoms with Crippen molar-refractivity contribution >= 4 is 5.91 Å². The first-order chi connectivity index (χ1) is 6.88. The van der Waals surface area contributed by atoms with Crippen molar-refractivity contribution < 1.29 is 4.79 Å². The second kappa shape index (κ2) is 6.49. The van der Waals surface area contributed by atoms with E-state index in [0.717, 1.165) is 18.7 Å². The normalized spacial score (nSPS) is 12.4. The first kappa shape index (κ1) is 14.0. The molecule has 0 heterocycles. The summed E-state index contributed by atoms with van der Waals surface area (Å²) in [4.78, 5) is 13.8. The molecule has 0 saturated carbocycles. The molecular weight excluding hydrogens is 188 g/mol. The molecule has 15 heavy (non-hydrogen) atoms. The SMILES string of the molecule is C=C(C)N(C)CC(CC)C(=O)NC(C)C. The lowest BCUT2D eigenvalue weighted by atomic mass is 10.0. The quantitative estimate of drug-likeness (QED) is 0.730. The van der Waals surface area contributed by atoms with E-state index in [1.54, 1.807) is 0 Å². The molecule has 0 radical (unpaired) electrons. The standard InChI is InChI=1S/C12H24N2O/c1-7-11(8-14(6)10(4)5)12(15)13-9(2)3/h9,11H,4,7-8H2,1-3,5-6H3,(H,13,15). The largest absolute Gasteiger partial charge is 0.378 e. The molecule has 0 aliphatic rings. The lowest BCUT2D eigenvalue weighted by molar-refractivity contribution is -0.126. The fourth-order valence-electron chi connectivity index (χ4n) is 1.29. The van der Waals surface area contributed by atoms with Crippen LogP contribution in [0.25, 0.3) is 0 Å². The van der Waals surface area contributed by atoms with Gasteiger partial charge in [0.05, 0.1) is 5.92 Å². The Morgan fingerprint density at radius 3 is 2.33 bits per heavy atom. The van der Waals surface area contributed by atoms with Crippen LogP contribution in [0.4, 0.5) is 0 Å². The Morgan fingerprint density at radius 2 is 2.00 bits per heavy atom. The van der Waals surface area contributed by atoms with E-state index in [1.807, 2.05) is 39.6 Å². The van der Waals surface area contributed by atoms with Gasteiger partial charge in [0.2, 0.25) is 5.91 Å². The summed E-state index contributed by atoms with van der Waals surface area (Å²) in [6, 6.07) is 0.210. The number of carbonyl (C=O) groups is 1. The molecule has 0 aromatic rings. The average Bonchev–Trinajstić information content (AvgIpc) is 2.11. The Kier molecular flexibility index (Phi) is 6.06. The molecule has 0 aromatic heterocycles. The molecule has 1 N–H and O–H groups in total. The minimum Gasteiger partial charge on any atom is -0.378 e. The smallest absolute Gasteiger partial charge is 0.225 e. The number of rotatable bonds is 6. The van der Waals surface area contributed by atoms with Gasteiger partial charge in [0.25, 0.3) is 0 Å². The van der Waals surface area contributed by atoms with Crippen LogP contribution in [-0.4, -0.2) is 30.4 Å². The molecule has 0 fully saturated rings. The van der Waals surface area contributed by atoms with E-state index in [0.29, 0.717) is 0 Å². The highest BCUT2D eigenvalue weighted by atomic mass is 16.1. The molecule has 0 saturated heterocycles. The molecule has 0 aliphatic heterocycles. The monoisotopic (exact) mass is 212 g/mol. The predicted molar refractivity (Wildman–Crippen MR) is 64.5 cm³/mol. The van der Waals surface area contributed by atoms with Gasteiger partial charge in [-0.25, -0.2) is 0 Å². The van der Waals surface area contributed by atoms with E-state index in [1.165, 1.54) is 0 Å². The molecular formula is C12H24N2O. The van der Waals surface area contributed by atoms with E-state index in [2.05, 4.69) is 11.9 Å². The lowest BCUT2D eigenvalue weighted by Gasteiger charge is -2.25. The molecule has 0 aliphatic carbocycles. The Hall–Kier alpha value is -0.990. The van der Waals surface area contributed by atoms with Crippen LogP contribution in [0.1, 0.15) is 34.1 Å². The highest BCUT2D eigenvalue weighted by molar-refractivity contribution is 5.79. The number of carbonyl (C=O) groups excluding carboxylic acids is 1. The van der Waals surface area contributed by atoms with E-state index in [-0.39, 0.29) is 17.9 Å². The minimum atomic E-state index is 0.0501. The number of nitrogens with one attached hydrogen (secondary N) is 1. The van der Waals surface area contributed by atoms with Gasteiger partial charge >= 0.3 is 0 Å². The third-order valence-electron chi connectivity index (χ3n) is 2.44. The number of amides is 1. The summed E-state index contributed by atoms with van der Waals surface area (Å²) in [6.45, 7) is 12.5. The van der Waals surface area contributed by atoms with Crippen LogP contribution in [0.5, 0.6) is 0 Å². The topological polar surface area (TPSA) is 32.3 Å². The second-order valence-electron chi connectivity index (χ2n) is 4.38. The second-order valence-corrected chi connectivity index (χ2v) is 4.38. The van der Waals surface area contributed by atoms with Crippen LogP contribution in [0.3, 0.4) is 0 Å². The number of hydrogen-bond donors (Lipinski definition) is 1. The molecule has 3 heteroatoms. The number of hydrogen-bond acceptors (Lipinski definition) is 2. The summed E-state index contributed by atoms with van der Waals surface area (Å²) >= 11 is 0. The van der Waals surface area contributed by atoms with E-state index >= 15 is 0 Å². The maximum atomic E-state index is 11.8. The van der Waals surface area contributed by atoms with Crippen LogP contribution in [0.2, 0.25) is 0 Å². The molecule has 1 atom stereocenters. The zero-order valence-electron chi connectivity index (χ0n) is 10.6. The third kappa shape index (κ3) is 5.45. The summed E-state index contributed by atoms with van der Waals surface area (Å²) in [5.41, 5.74) is 0.991. The van der Waals surface area contributed by atoms with Crippen LogP contribution in [-0.2, 0) is 4.79 Å². The van der Waals surface area contributed by atoms with Crippen molar-refractivity contribution in [1.82, 2.24) is 10.2 Å². The maximum absolute atomic E-state index is 11.8. The highest BCUT2D eigenvalue weighted by Crippen LogP contribution is 2.08. The molecule has 0 aromatic carbocycles. The van der Waals surface area contributed by atoms with Crippen molar-refractivity contribution in [3.63, 3.8) is 0 Å². The molecule has 88 valence electrons. The van der Waals surface area contributed by atoms with Crippen molar-refractivity contribution in [2.75, 3.05) is 13.6 Å². The molecule has 0 bridgehead atoms. The summed E-state index contributed by atoms with van der Waals surface area (Å²) in [5.74, 6) is 0.190. The first-order valence-corrected chi connectivity index (χ1v) is 5.55. The van der Waals surface area contributed by atoms with Crippen molar-refractivity contribution in [2.24, 2.45) is 5.92 Å². The Morgan fingerprint density at radius 1 is 1.47 bits per heavy atom. The van der Waals surface area contributed by atoms with Gasteiger partial charge in [0.1, 0.15) is 0 Å². The van der Waals surface area contributed by atoms with Gasteiger partial charge in [0, 0.05) is 25.3 Å². The van der Waals surface area contributed by atoms with Gasteiger partial charge in [-0.3, -0.25) is 4.79 Å². The van der Waals surface area contributed by atoms with E-state index in [9.17, 15) is 4.79 Å². The maximum Gasteiger partial charge on any atom is 0.225 e. The van der Waals surface area contributed by atoms with Crippen molar-refractivity contribution in [3.8, 4) is 0 Å². The Balaban J connectivity index is 4.24. The van der Waals surface area contributed by atoms with Crippen LogP contribution in [0, 0.1) is 5.92 Å². The highest BCUT2D eigenvalue weighted by Gasteiger charge is 2.18. The van der Waals surface area contributed by atoms with Gasteiger partial charge in [-0.1, -0.05) is 13.5 Å². The van der Waals surface area contributed by atoms with Crippen molar-refractivity contribution in [2.45, 2.75) is 40.2 Å². The Labute approximate surface area is 93.5 Å². The van der Waals surface area contributed by atoms with Gasteiger partial charge in [-0.2, -0.15) is 0 Å². The minimum absolute atomic E-state index is 0.0501. The average molecular weight is 212 g/mol. The molecule has 1 amide bonds. The third-order valence-corrected chi connectivity index (χ3v) is 2.44. The zero-order chi connectivity index (χ0) is 12.0. The molecule has 0 spiro atoms. The van der Waals surface area contributed by atoms with Crippen molar-refractivity contribution in [1.29, 1.82) is 0 Å². The van der Waals surface area contributed by atoms with Gasteiger partial charge in [-0.15, -0.1) is 0 Å². The Bertz CT molecular complexity index is 224. The fraction of sp³-hybridized carbons (Fsp3) is 0.750. The molecule has 0 rings (SSSR count). The van der Waals surface area contributed by atoms with Crippen molar-refractivity contribution in [3.05, 3.63) is 12.3 Å². The summed E-state index contributed by atoms with van der Waals surface area (Å²) < 4.78 is 0. The van der Waals surface area contributed by atoms with E-state index < -0.39 is 0 Å². The lowest BCUT2D eigenvalue weighted by Crippen LogP contribution is -2.39. The van der Waals surface area contributed by atoms with Crippen LogP contribution >= 0.6 is 0 Å². The molecule has 1 unspecified atom stereocenters. The number of nitrogens with zero attached hydrogens (tertiary/aromatic N) is 1. The predicted octanol–water partition coefficient (Wildman–Crippen LogP) is 2.00. The fourth-order valence-corrected chi connectivity index (χ4v) is 1.29. The van der Waals surface area contributed by atoms with Crippen LogP contribution in [0.15, 0.2) is 12.3 Å². The molecule has 3 nitrogen and oxygen atoms in total. The first-order valence-electron chi connectivity index (χ1n) is 5.55. The van der Waals surface area contributed by atoms with Gasteiger partial charge in [-0.05, 0) is 27.2 Å². The number of allylic oxidation sites excluding steroid dienone is 1. The van der Waals surface area contributed by atoms with Crippen LogP contribution < -0.4 is 5.32 Å². The van der Waals surface area contributed by atoms with Gasteiger partial charge < -0.3 is 10.2 Å². The summed E-state index contributed by atoms with van der Waals surface area (Å²) in [6.07, 6.45) is 0.857. The van der Waals surface area contributed by atoms with Gasteiger partial charge in [0.15, 0.2) is 0 Å².